The quantitative estimate of drug-likeness (QED) is 0.737. The van der Waals surface area contributed by atoms with Gasteiger partial charge in [-0.25, -0.2) is 0 Å². The molecule has 0 atom stereocenters. The van der Waals surface area contributed by atoms with Gasteiger partial charge in [-0.05, 0) is 23.8 Å². The first-order chi connectivity index (χ1) is 5.72. The lowest BCUT2D eigenvalue weighted by molar-refractivity contribution is 0.475. The molecule has 2 nitrogen and oxygen atoms in total. The van der Waals surface area contributed by atoms with E-state index >= 15 is 0 Å². The van der Waals surface area contributed by atoms with Crippen molar-refractivity contribution in [2.24, 2.45) is 5.73 Å². The van der Waals surface area contributed by atoms with Crippen LogP contribution in [0.3, 0.4) is 0 Å². The van der Waals surface area contributed by atoms with Gasteiger partial charge < -0.3 is 10.8 Å². The Balaban J connectivity index is 2.93. The molecule has 64 valence electrons. The molecule has 0 fully saturated rings. The molecule has 0 aliphatic rings. The highest BCUT2D eigenvalue weighted by molar-refractivity contribution is 6.30. The van der Waals surface area contributed by atoms with Crippen molar-refractivity contribution in [2.45, 2.75) is 0 Å². The fourth-order valence-electron chi connectivity index (χ4n) is 0.897. The first kappa shape index (κ1) is 9.10. The summed E-state index contributed by atoms with van der Waals surface area (Å²) in [5.74, 6) is 0.166. The summed E-state index contributed by atoms with van der Waals surface area (Å²) in [5.41, 5.74) is 6.12. The highest BCUT2D eigenvalue weighted by Crippen LogP contribution is 2.20. The van der Waals surface area contributed by atoms with Gasteiger partial charge in [0.15, 0.2) is 0 Å². The molecule has 0 saturated heterocycles. The smallest absolute Gasteiger partial charge is 0.117 e. The highest BCUT2D eigenvalue weighted by atomic mass is 35.5. The van der Waals surface area contributed by atoms with E-state index in [0.29, 0.717) is 11.6 Å². The van der Waals surface area contributed by atoms with E-state index in [9.17, 15) is 0 Å². The maximum absolute atomic E-state index is 9.14. The van der Waals surface area contributed by atoms with Crippen molar-refractivity contribution in [3.63, 3.8) is 0 Å². The molecular formula is C9H10ClNO. The summed E-state index contributed by atoms with van der Waals surface area (Å²) in [4.78, 5) is 0. The Morgan fingerprint density at radius 3 is 2.75 bits per heavy atom. The largest absolute Gasteiger partial charge is 0.508 e. The summed E-state index contributed by atoms with van der Waals surface area (Å²) in [5, 5.41) is 9.66. The minimum absolute atomic E-state index is 0.166. The van der Waals surface area contributed by atoms with E-state index in [4.69, 9.17) is 22.4 Å². The summed E-state index contributed by atoms with van der Waals surface area (Å²) in [6.07, 6.45) is 3.61. The Labute approximate surface area is 76.3 Å². The molecule has 0 aromatic heterocycles. The van der Waals surface area contributed by atoms with E-state index in [1.54, 1.807) is 18.2 Å². The van der Waals surface area contributed by atoms with Gasteiger partial charge in [0.1, 0.15) is 5.75 Å². The van der Waals surface area contributed by atoms with E-state index in [2.05, 4.69) is 0 Å². The SMILES string of the molecule is NCC=Cc1cc(O)cc(Cl)c1. The Bertz CT molecular complexity index is 276. The molecule has 0 aliphatic carbocycles. The highest BCUT2D eigenvalue weighted by Gasteiger charge is 1.94. The number of rotatable bonds is 2. The fraction of sp³-hybridized carbons (Fsp3) is 0.111. The van der Waals surface area contributed by atoms with Gasteiger partial charge in [0.05, 0.1) is 0 Å². The lowest BCUT2D eigenvalue weighted by atomic mass is 10.2. The Morgan fingerprint density at radius 1 is 1.42 bits per heavy atom. The van der Waals surface area contributed by atoms with Crippen LogP contribution in [0.1, 0.15) is 5.56 Å². The van der Waals surface area contributed by atoms with Crippen LogP contribution in [0.5, 0.6) is 5.75 Å². The average molecular weight is 184 g/mol. The molecule has 0 aliphatic heterocycles. The van der Waals surface area contributed by atoms with Crippen LogP contribution in [0.15, 0.2) is 24.3 Å². The molecule has 1 aromatic carbocycles. The van der Waals surface area contributed by atoms with Crippen LogP contribution < -0.4 is 5.73 Å². The number of hydrogen-bond acceptors (Lipinski definition) is 2. The summed E-state index contributed by atoms with van der Waals surface area (Å²) in [6, 6.07) is 4.87. The molecule has 0 heterocycles. The van der Waals surface area contributed by atoms with Crippen molar-refractivity contribution in [1.82, 2.24) is 0 Å². The zero-order valence-corrected chi connectivity index (χ0v) is 7.25. The molecule has 1 rings (SSSR count). The zero-order valence-electron chi connectivity index (χ0n) is 6.50. The van der Waals surface area contributed by atoms with Crippen LogP contribution in [0.25, 0.3) is 6.08 Å². The van der Waals surface area contributed by atoms with Gasteiger partial charge in [0.25, 0.3) is 0 Å². The third-order valence-electron chi connectivity index (χ3n) is 1.35. The summed E-state index contributed by atoms with van der Waals surface area (Å²) in [6.45, 7) is 0.479. The molecule has 0 radical (unpaired) electrons. The van der Waals surface area contributed by atoms with Crippen LogP contribution in [0.2, 0.25) is 5.02 Å². The first-order valence-corrected chi connectivity index (χ1v) is 3.96. The number of aromatic hydroxyl groups is 1. The predicted molar refractivity (Wildman–Crippen MR) is 51.2 cm³/mol. The number of halogens is 1. The number of nitrogens with two attached hydrogens (primary N) is 1. The lowest BCUT2D eigenvalue weighted by Crippen LogP contribution is -1.91. The van der Waals surface area contributed by atoms with Crippen LogP contribution >= 0.6 is 11.6 Å². The lowest BCUT2D eigenvalue weighted by Gasteiger charge is -1.96. The zero-order chi connectivity index (χ0) is 8.97. The van der Waals surface area contributed by atoms with Crippen LogP contribution in [-0.2, 0) is 0 Å². The molecule has 1 aromatic rings. The first-order valence-electron chi connectivity index (χ1n) is 3.58. The van der Waals surface area contributed by atoms with E-state index in [1.165, 1.54) is 6.07 Å². The minimum atomic E-state index is 0.166. The Morgan fingerprint density at radius 2 is 2.17 bits per heavy atom. The fourth-order valence-corrected chi connectivity index (χ4v) is 1.13. The number of phenolic OH excluding ortho intramolecular Hbond substituents is 1. The van der Waals surface area contributed by atoms with Gasteiger partial charge in [-0.2, -0.15) is 0 Å². The average Bonchev–Trinajstić information content (AvgIpc) is 1.99. The third kappa shape index (κ3) is 2.57. The molecule has 0 bridgehead atoms. The standard InChI is InChI=1S/C9H10ClNO/c10-8-4-7(2-1-3-11)5-9(12)6-8/h1-2,4-6,12H,3,11H2. The predicted octanol–water partition coefficient (Wildman–Crippen LogP) is 2.02. The second kappa shape index (κ2) is 4.14. The Hall–Kier alpha value is -0.990. The molecule has 3 N–H and O–H groups in total. The minimum Gasteiger partial charge on any atom is -0.508 e. The van der Waals surface area contributed by atoms with Crippen molar-refractivity contribution in [3.05, 3.63) is 34.9 Å². The van der Waals surface area contributed by atoms with E-state index in [-0.39, 0.29) is 5.75 Å². The van der Waals surface area contributed by atoms with Crippen LogP contribution in [0, 0.1) is 0 Å². The van der Waals surface area contributed by atoms with Gasteiger partial charge in [0, 0.05) is 11.6 Å². The molecule has 3 heteroatoms. The molecule has 0 amide bonds. The van der Waals surface area contributed by atoms with E-state index in [1.807, 2.05) is 6.08 Å². The maximum atomic E-state index is 9.14. The normalized spacial score (nSPS) is 10.8. The second-order valence-corrected chi connectivity index (χ2v) is 2.82. The molecular weight excluding hydrogens is 174 g/mol. The van der Waals surface area contributed by atoms with Crippen molar-refractivity contribution < 1.29 is 5.11 Å². The molecule has 12 heavy (non-hydrogen) atoms. The molecule has 0 unspecified atom stereocenters. The van der Waals surface area contributed by atoms with Crippen molar-refractivity contribution in [2.75, 3.05) is 6.54 Å². The summed E-state index contributed by atoms with van der Waals surface area (Å²) >= 11 is 5.70. The van der Waals surface area contributed by atoms with E-state index in [0.717, 1.165) is 5.56 Å². The van der Waals surface area contributed by atoms with Gasteiger partial charge in [-0.1, -0.05) is 23.8 Å². The third-order valence-corrected chi connectivity index (χ3v) is 1.57. The number of hydrogen-bond donors (Lipinski definition) is 2. The van der Waals surface area contributed by atoms with Crippen LogP contribution in [-0.4, -0.2) is 11.7 Å². The Kier molecular flexibility index (Phi) is 3.14. The number of benzene rings is 1. The number of phenols is 1. The monoisotopic (exact) mass is 183 g/mol. The molecule has 0 spiro atoms. The van der Waals surface area contributed by atoms with E-state index < -0.39 is 0 Å². The van der Waals surface area contributed by atoms with Gasteiger partial charge >= 0.3 is 0 Å². The van der Waals surface area contributed by atoms with Crippen molar-refractivity contribution in [1.29, 1.82) is 0 Å². The molecule has 0 saturated carbocycles. The maximum Gasteiger partial charge on any atom is 0.117 e. The van der Waals surface area contributed by atoms with Crippen molar-refractivity contribution >= 4 is 17.7 Å². The van der Waals surface area contributed by atoms with Crippen LogP contribution in [0.4, 0.5) is 0 Å². The van der Waals surface area contributed by atoms with Crippen molar-refractivity contribution in [3.8, 4) is 5.75 Å². The summed E-state index contributed by atoms with van der Waals surface area (Å²) in [7, 11) is 0. The summed E-state index contributed by atoms with van der Waals surface area (Å²) < 4.78 is 0. The van der Waals surface area contributed by atoms with Gasteiger partial charge in [-0.3, -0.25) is 0 Å². The second-order valence-electron chi connectivity index (χ2n) is 2.38. The van der Waals surface area contributed by atoms with Gasteiger partial charge in [0.2, 0.25) is 0 Å². The van der Waals surface area contributed by atoms with Gasteiger partial charge in [-0.15, -0.1) is 0 Å². The topological polar surface area (TPSA) is 46.2 Å².